The molecule has 3 aliphatic rings. The largest absolute Gasteiger partial charge is 0.493 e. The normalized spacial score (nSPS) is 28.0. The molecule has 0 aromatic heterocycles. The van der Waals surface area contributed by atoms with Gasteiger partial charge >= 0.3 is 0 Å². The molecule has 22 heavy (non-hydrogen) atoms. The molecule has 2 bridgehead atoms. The highest BCUT2D eigenvalue weighted by atomic mass is 16.5. The number of fused-ring (bicyclic) bond motifs is 4. The molecule has 1 aromatic carbocycles. The highest BCUT2D eigenvalue weighted by Gasteiger charge is 2.35. The Morgan fingerprint density at radius 2 is 2.14 bits per heavy atom. The Hall–Kier alpha value is -1.59. The number of hydrogen-bond donors (Lipinski definition) is 0. The average Bonchev–Trinajstić information content (AvgIpc) is 2.80. The first-order chi connectivity index (χ1) is 10.7. The van der Waals surface area contributed by atoms with Crippen LogP contribution < -0.4 is 4.74 Å². The summed E-state index contributed by atoms with van der Waals surface area (Å²) < 4.78 is 11.3. The van der Waals surface area contributed by atoms with Crippen molar-refractivity contribution in [3.63, 3.8) is 0 Å². The predicted octanol–water partition coefficient (Wildman–Crippen LogP) is 1.02. The van der Waals surface area contributed by atoms with Crippen molar-refractivity contribution in [2.24, 2.45) is 5.92 Å². The summed E-state index contributed by atoms with van der Waals surface area (Å²) in [5.41, 5.74) is 1.93. The fourth-order valence-corrected chi connectivity index (χ4v) is 3.81. The summed E-state index contributed by atoms with van der Waals surface area (Å²) in [7, 11) is 2.13. The fraction of sp³-hybridized carbons (Fsp3) is 0.588. The van der Waals surface area contributed by atoms with E-state index < -0.39 is 0 Å². The standard InChI is InChI=1S/C17H22N2O3/c1-18-7-12-8-19(15(9-18)11-21-10-12)17(20)14-2-3-16-13(6-14)4-5-22-16/h2-3,6,12,15H,4-5,7-11H2,1H3/t12-,15-/m0/s1. The molecular formula is C17H22N2O3. The van der Waals surface area contributed by atoms with Gasteiger partial charge in [-0.2, -0.15) is 0 Å². The number of amides is 1. The Morgan fingerprint density at radius 1 is 1.23 bits per heavy atom. The first-order valence-electron chi connectivity index (χ1n) is 8.03. The van der Waals surface area contributed by atoms with Gasteiger partial charge in [-0.25, -0.2) is 0 Å². The van der Waals surface area contributed by atoms with Gasteiger partial charge in [0.05, 0.1) is 25.9 Å². The lowest BCUT2D eigenvalue weighted by Gasteiger charge is -2.29. The minimum atomic E-state index is 0.130. The molecule has 3 aliphatic heterocycles. The molecule has 2 fully saturated rings. The van der Waals surface area contributed by atoms with Crippen molar-refractivity contribution in [3.8, 4) is 5.75 Å². The van der Waals surface area contributed by atoms with Crippen LogP contribution in [0.5, 0.6) is 5.75 Å². The van der Waals surface area contributed by atoms with E-state index in [0.29, 0.717) is 12.5 Å². The number of carbonyl (C=O) groups is 1. The summed E-state index contributed by atoms with van der Waals surface area (Å²) in [6, 6.07) is 5.98. The van der Waals surface area contributed by atoms with Gasteiger partial charge in [0.2, 0.25) is 0 Å². The van der Waals surface area contributed by atoms with Crippen LogP contribution in [0.2, 0.25) is 0 Å². The lowest BCUT2D eigenvalue weighted by atomic mass is 10.1. The molecule has 2 saturated heterocycles. The van der Waals surface area contributed by atoms with Gasteiger partial charge in [0.1, 0.15) is 5.75 Å². The van der Waals surface area contributed by atoms with Crippen LogP contribution in [0, 0.1) is 5.92 Å². The van der Waals surface area contributed by atoms with Crippen LogP contribution in [0.15, 0.2) is 18.2 Å². The van der Waals surface area contributed by atoms with Crippen LogP contribution in [0.1, 0.15) is 15.9 Å². The van der Waals surface area contributed by atoms with E-state index in [0.717, 1.165) is 56.1 Å². The number of benzene rings is 1. The van der Waals surface area contributed by atoms with Gasteiger partial charge in [-0.15, -0.1) is 0 Å². The van der Waals surface area contributed by atoms with Crippen LogP contribution in [0.25, 0.3) is 0 Å². The maximum atomic E-state index is 13.0. The SMILES string of the molecule is CN1C[C@@H]2COC[C@H](C1)N(C(=O)c1ccc3c(c1)CCO3)C2. The molecule has 5 nitrogen and oxygen atoms in total. The minimum absolute atomic E-state index is 0.130. The highest BCUT2D eigenvalue weighted by molar-refractivity contribution is 5.95. The predicted molar refractivity (Wildman–Crippen MR) is 82.3 cm³/mol. The van der Waals surface area contributed by atoms with Gasteiger partial charge in [0.25, 0.3) is 5.91 Å². The first kappa shape index (κ1) is 14.0. The summed E-state index contributed by atoms with van der Waals surface area (Å²) in [5.74, 6) is 1.46. The Morgan fingerprint density at radius 3 is 3.05 bits per heavy atom. The lowest BCUT2D eigenvalue weighted by molar-refractivity contribution is 0.0483. The number of nitrogens with zero attached hydrogens (tertiary/aromatic N) is 2. The molecule has 0 spiro atoms. The van der Waals surface area contributed by atoms with Crippen LogP contribution in [-0.4, -0.2) is 68.3 Å². The topological polar surface area (TPSA) is 42.0 Å². The fourth-order valence-electron chi connectivity index (χ4n) is 3.81. The zero-order chi connectivity index (χ0) is 15.1. The van der Waals surface area contributed by atoms with E-state index in [-0.39, 0.29) is 11.9 Å². The van der Waals surface area contributed by atoms with Crippen LogP contribution in [0.3, 0.4) is 0 Å². The van der Waals surface area contributed by atoms with Gasteiger partial charge in [0.15, 0.2) is 0 Å². The number of carbonyl (C=O) groups excluding carboxylic acids is 1. The second kappa shape index (κ2) is 5.56. The van der Waals surface area contributed by atoms with Crippen molar-refractivity contribution < 1.29 is 14.3 Å². The molecule has 0 aliphatic carbocycles. The molecule has 0 N–H and O–H groups in total. The van der Waals surface area contributed by atoms with Gasteiger partial charge in [-0.1, -0.05) is 0 Å². The summed E-state index contributed by atoms with van der Waals surface area (Å²) in [4.78, 5) is 17.4. The van der Waals surface area contributed by atoms with Crippen molar-refractivity contribution in [2.75, 3.05) is 46.5 Å². The summed E-state index contributed by atoms with van der Waals surface area (Å²) >= 11 is 0. The van der Waals surface area contributed by atoms with Crippen LogP contribution in [-0.2, 0) is 11.2 Å². The third kappa shape index (κ3) is 2.48. The quantitative estimate of drug-likeness (QED) is 0.777. The van der Waals surface area contributed by atoms with Crippen molar-refractivity contribution in [3.05, 3.63) is 29.3 Å². The number of ether oxygens (including phenoxy) is 2. The van der Waals surface area contributed by atoms with Gasteiger partial charge < -0.3 is 19.3 Å². The molecule has 1 aromatic rings. The van der Waals surface area contributed by atoms with Crippen LogP contribution in [0.4, 0.5) is 0 Å². The van der Waals surface area contributed by atoms with Crippen molar-refractivity contribution >= 4 is 5.91 Å². The third-order valence-corrected chi connectivity index (χ3v) is 4.85. The molecule has 5 heteroatoms. The van der Waals surface area contributed by atoms with E-state index in [9.17, 15) is 4.79 Å². The maximum absolute atomic E-state index is 13.0. The lowest BCUT2D eigenvalue weighted by Crippen LogP contribution is -2.45. The average molecular weight is 302 g/mol. The third-order valence-electron chi connectivity index (χ3n) is 4.85. The molecule has 1 amide bonds. The monoisotopic (exact) mass is 302 g/mol. The van der Waals surface area contributed by atoms with Crippen LogP contribution >= 0.6 is 0 Å². The summed E-state index contributed by atoms with van der Waals surface area (Å²) in [6.45, 7) is 4.79. The molecule has 4 rings (SSSR count). The van der Waals surface area contributed by atoms with Gasteiger partial charge in [0, 0.05) is 37.5 Å². The Balaban J connectivity index is 1.61. The Labute approximate surface area is 130 Å². The second-order valence-electron chi connectivity index (χ2n) is 6.66. The van der Waals surface area contributed by atoms with E-state index >= 15 is 0 Å². The van der Waals surface area contributed by atoms with Gasteiger partial charge in [-0.05, 0) is 30.8 Å². The van der Waals surface area contributed by atoms with E-state index in [1.165, 1.54) is 0 Å². The van der Waals surface area contributed by atoms with E-state index in [1.54, 1.807) is 0 Å². The van der Waals surface area contributed by atoms with E-state index in [4.69, 9.17) is 9.47 Å². The van der Waals surface area contributed by atoms with E-state index in [2.05, 4.69) is 11.9 Å². The molecule has 0 radical (unpaired) electrons. The zero-order valence-corrected chi connectivity index (χ0v) is 13.0. The summed E-state index contributed by atoms with van der Waals surface area (Å²) in [6.07, 6.45) is 0.897. The molecule has 0 unspecified atom stereocenters. The number of rotatable bonds is 1. The molecule has 2 atom stereocenters. The Kier molecular flexibility index (Phi) is 3.54. The number of hydrogen-bond acceptors (Lipinski definition) is 4. The zero-order valence-electron chi connectivity index (χ0n) is 13.0. The maximum Gasteiger partial charge on any atom is 0.254 e. The minimum Gasteiger partial charge on any atom is -0.493 e. The van der Waals surface area contributed by atoms with Crippen molar-refractivity contribution in [2.45, 2.75) is 12.5 Å². The molecular weight excluding hydrogens is 280 g/mol. The second-order valence-corrected chi connectivity index (χ2v) is 6.66. The summed E-state index contributed by atoms with van der Waals surface area (Å²) in [5, 5.41) is 0. The first-order valence-corrected chi connectivity index (χ1v) is 8.03. The molecule has 3 heterocycles. The molecule has 118 valence electrons. The molecule has 0 saturated carbocycles. The van der Waals surface area contributed by atoms with Gasteiger partial charge in [-0.3, -0.25) is 4.79 Å². The smallest absolute Gasteiger partial charge is 0.254 e. The number of likely N-dealkylation sites (N-methyl/N-ethyl adjacent to an activating group) is 1. The highest BCUT2D eigenvalue weighted by Crippen LogP contribution is 2.27. The van der Waals surface area contributed by atoms with E-state index in [1.807, 2.05) is 23.1 Å². The van der Waals surface area contributed by atoms with Crippen molar-refractivity contribution in [1.29, 1.82) is 0 Å². The Bertz CT molecular complexity index is 589. The van der Waals surface area contributed by atoms with Crippen molar-refractivity contribution in [1.82, 2.24) is 9.80 Å².